The van der Waals surface area contributed by atoms with Crippen LogP contribution in [0.1, 0.15) is 12.8 Å². The third-order valence-corrected chi connectivity index (χ3v) is 3.17. The van der Waals surface area contributed by atoms with Gasteiger partial charge in [0.15, 0.2) is 0 Å². The Balaban J connectivity index is 2.23. The van der Waals surface area contributed by atoms with Gasteiger partial charge in [0.25, 0.3) is 0 Å². The molecule has 0 N–H and O–H groups in total. The minimum atomic E-state index is -1.05. The van der Waals surface area contributed by atoms with Gasteiger partial charge in [0.2, 0.25) is 0 Å². The maximum Gasteiger partial charge on any atom is 0.136 e. The molecule has 1 rings (SSSR count). The summed E-state index contributed by atoms with van der Waals surface area (Å²) in [6, 6.07) is 0. The first-order chi connectivity index (χ1) is 5.70. The van der Waals surface area contributed by atoms with Gasteiger partial charge in [-0.15, -0.1) is 0 Å². The Labute approximate surface area is 81.1 Å². The van der Waals surface area contributed by atoms with Crippen LogP contribution in [0.4, 0.5) is 0 Å². The van der Waals surface area contributed by atoms with Crippen LogP contribution in [0.3, 0.4) is 0 Å². The van der Waals surface area contributed by atoms with Gasteiger partial charge in [-0.2, -0.15) is 0 Å². The van der Waals surface area contributed by atoms with Gasteiger partial charge in [0.1, 0.15) is 4.32 Å². The molecule has 0 spiro atoms. The van der Waals surface area contributed by atoms with Crippen LogP contribution in [-0.2, 0) is 4.79 Å². The molecule has 3 nitrogen and oxygen atoms in total. The summed E-state index contributed by atoms with van der Waals surface area (Å²) in [4.78, 5) is 12.2. The van der Waals surface area contributed by atoms with Crippen molar-refractivity contribution in [3.63, 3.8) is 0 Å². The second-order valence-electron chi connectivity index (χ2n) is 2.62. The van der Waals surface area contributed by atoms with Gasteiger partial charge in [-0.25, -0.2) is 0 Å². The van der Waals surface area contributed by atoms with Gasteiger partial charge in [-0.05, 0) is 12.8 Å². The van der Waals surface area contributed by atoms with Gasteiger partial charge in [-0.1, -0.05) is 24.0 Å². The van der Waals surface area contributed by atoms with Gasteiger partial charge in [0, 0.05) is 18.8 Å². The Kier molecular flexibility index (Phi) is 3.81. The molecular formula is C7H10NO2S2-. The molecule has 0 amide bonds. The molecule has 1 heterocycles. The number of carboxylic acid groups (broad SMARTS) is 1. The lowest BCUT2D eigenvalue weighted by molar-refractivity contribution is -0.301. The lowest BCUT2D eigenvalue weighted by Crippen LogP contribution is -2.28. The Morgan fingerprint density at radius 1 is 1.50 bits per heavy atom. The molecule has 12 heavy (non-hydrogen) atoms. The topological polar surface area (TPSA) is 43.4 Å². The summed E-state index contributed by atoms with van der Waals surface area (Å²) in [7, 11) is 0. The van der Waals surface area contributed by atoms with Crippen LogP contribution in [0.2, 0.25) is 0 Å². The van der Waals surface area contributed by atoms with Crippen molar-refractivity contribution in [1.82, 2.24) is 4.90 Å². The number of thiocarbonyl (C=S) groups is 1. The smallest absolute Gasteiger partial charge is 0.136 e. The summed E-state index contributed by atoms with van der Waals surface area (Å²) in [6.07, 6.45) is 2.32. The number of rotatable bonds is 2. The standard InChI is InChI=1S/C7H11NO2S2/c9-6(10)5-12-7(11)8-3-1-2-4-8/h1-5H2,(H,9,10)/p-1. The second kappa shape index (κ2) is 4.67. The zero-order chi connectivity index (χ0) is 8.97. The molecule has 0 bridgehead atoms. The van der Waals surface area contributed by atoms with Crippen molar-refractivity contribution in [3.8, 4) is 0 Å². The van der Waals surface area contributed by atoms with E-state index in [0.717, 1.165) is 25.9 Å². The molecule has 5 heteroatoms. The zero-order valence-corrected chi connectivity index (χ0v) is 8.25. The van der Waals surface area contributed by atoms with Crippen LogP contribution in [0, 0.1) is 0 Å². The molecule has 0 saturated carbocycles. The maximum atomic E-state index is 10.1. The van der Waals surface area contributed by atoms with E-state index < -0.39 is 5.97 Å². The molecule has 1 saturated heterocycles. The summed E-state index contributed by atoms with van der Waals surface area (Å²) in [6.45, 7) is 1.94. The normalized spacial score (nSPS) is 16.5. The van der Waals surface area contributed by atoms with E-state index in [2.05, 4.69) is 0 Å². The van der Waals surface area contributed by atoms with E-state index in [9.17, 15) is 9.90 Å². The average molecular weight is 204 g/mol. The van der Waals surface area contributed by atoms with E-state index in [0.29, 0.717) is 4.32 Å². The molecule has 0 aromatic heterocycles. The number of likely N-dealkylation sites (tertiary alicyclic amines) is 1. The Bertz CT molecular complexity index is 190. The van der Waals surface area contributed by atoms with Crippen LogP contribution in [0.25, 0.3) is 0 Å². The number of hydrogen-bond donors (Lipinski definition) is 0. The second-order valence-corrected chi connectivity index (χ2v) is 4.23. The highest BCUT2D eigenvalue weighted by molar-refractivity contribution is 8.23. The van der Waals surface area contributed by atoms with Crippen molar-refractivity contribution in [1.29, 1.82) is 0 Å². The Morgan fingerprint density at radius 3 is 2.58 bits per heavy atom. The molecular weight excluding hydrogens is 194 g/mol. The van der Waals surface area contributed by atoms with Crippen LogP contribution < -0.4 is 5.11 Å². The molecule has 0 aromatic carbocycles. The van der Waals surface area contributed by atoms with Crippen molar-refractivity contribution < 1.29 is 9.90 Å². The van der Waals surface area contributed by atoms with Crippen molar-refractivity contribution in [3.05, 3.63) is 0 Å². The maximum absolute atomic E-state index is 10.1. The highest BCUT2D eigenvalue weighted by Crippen LogP contribution is 2.15. The van der Waals surface area contributed by atoms with Crippen molar-refractivity contribution in [2.75, 3.05) is 18.8 Å². The van der Waals surface area contributed by atoms with E-state index >= 15 is 0 Å². The third kappa shape index (κ3) is 2.98. The molecule has 0 atom stereocenters. The van der Waals surface area contributed by atoms with Gasteiger partial charge in [-0.3, -0.25) is 0 Å². The van der Waals surface area contributed by atoms with E-state index in [-0.39, 0.29) is 5.75 Å². The summed E-state index contributed by atoms with van der Waals surface area (Å²) in [5.74, 6) is -1.09. The lowest BCUT2D eigenvalue weighted by atomic mass is 10.4. The van der Waals surface area contributed by atoms with Crippen LogP contribution in [0.15, 0.2) is 0 Å². The lowest BCUT2D eigenvalue weighted by Gasteiger charge is -2.17. The van der Waals surface area contributed by atoms with Gasteiger partial charge < -0.3 is 14.8 Å². The van der Waals surface area contributed by atoms with E-state index in [1.165, 1.54) is 11.8 Å². The van der Waals surface area contributed by atoms with Crippen molar-refractivity contribution in [2.24, 2.45) is 0 Å². The van der Waals surface area contributed by atoms with E-state index in [4.69, 9.17) is 12.2 Å². The number of aliphatic carboxylic acids is 1. The van der Waals surface area contributed by atoms with Crippen molar-refractivity contribution >= 4 is 34.3 Å². The molecule has 0 aromatic rings. The summed E-state index contributed by atoms with van der Waals surface area (Å²) < 4.78 is 0.691. The summed E-state index contributed by atoms with van der Waals surface area (Å²) >= 11 is 6.21. The molecule has 1 fully saturated rings. The third-order valence-electron chi connectivity index (χ3n) is 1.68. The average Bonchev–Trinajstić information content (AvgIpc) is 2.51. The van der Waals surface area contributed by atoms with Crippen LogP contribution in [0.5, 0.6) is 0 Å². The number of hydrogen-bond acceptors (Lipinski definition) is 4. The predicted octanol–water partition coefficient (Wildman–Crippen LogP) is -0.150. The first-order valence-corrected chi connectivity index (χ1v) is 5.21. The number of carbonyl (C=O) groups is 1. The molecule has 0 radical (unpaired) electrons. The van der Waals surface area contributed by atoms with E-state index in [1.807, 2.05) is 4.90 Å². The monoisotopic (exact) mass is 204 g/mol. The SMILES string of the molecule is O=C([O-])CSC(=S)N1CCCC1. The quantitative estimate of drug-likeness (QED) is 0.585. The van der Waals surface area contributed by atoms with Crippen LogP contribution >= 0.6 is 24.0 Å². The zero-order valence-electron chi connectivity index (χ0n) is 6.62. The fourth-order valence-electron chi connectivity index (χ4n) is 1.11. The Hall–Kier alpha value is -0.290. The first kappa shape index (κ1) is 9.80. The van der Waals surface area contributed by atoms with Gasteiger partial charge >= 0.3 is 0 Å². The summed E-state index contributed by atoms with van der Waals surface area (Å²) in [5.41, 5.74) is 0. The highest BCUT2D eigenvalue weighted by atomic mass is 32.2. The number of carbonyl (C=O) groups excluding carboxylic acids is 1. The minimum absolute atomic E-state index is 0.0324. The van der Waals surface area contributed by atoms with E-state index in [1.54, 1.807) is 0 Å². The molecule has 0 aliphatic carbocycles. The molecule has 1 aliphatic rings. The summed E-state index contributed by atoms with van der Waals surface area (Å²) in [5, 5.41) is 10.1. The fourth-order valence-corrected chi connectivity index (χ4v) is 2.08. The predicted molar refractivity (Wildman–Crippen MR) is 50.9 cm³/mol. The number of carboxylic acids is 1. The number of nitrogens with zero attached hydrogens (tertiary/aromatic N) is 1. The minimum Gasteiger partial charge on any atom is -0.549 e. The molecule has 68 valence electrons. The fraction of sp³-hybridized carbons (Fsp3) is 0.714. The highest BCUT2D eigenvalue weighted by Gasteiger charge is 2.14. The van der Waals surface area contributed by atoms with Gasteiger partial charge in [0.05, 0.1) is 5.97 Å². The molecule has 0 unspecified atom stereocenters. The first-order valence-electron chi connectivity index (χ1n) is 3.81. The largest absolute Gasteiger partial charge is 0.549 e. The van der Waals surface area contributed by atoms with Crippen molar-refractivity contribution in [2.45, 2.75) is 12.8 Å². The number of thioether (sulfide) groups is 1. The van der Waals surface area contributed by atoms with Crippen LogP contribution in [-0.4, -0.2) is 34.0 Å². The Morgan fingerprint density at radius 2 is 2.08 bits per heavy atom. The molecule has 1 aliphatic heterocycles.